The molecule has 0 radical (unpaired) electrons. The van der Waals surface area contributed by atoms with Gasteiger partial charge in [-0.05, 0) is 43.5 Å². The van der Waals surface area contributed by atoms with E-state index < -0.39 is 0 Å². The lowest BCUT2D eigenvalue weighted by Gasteiger charge is -2.34. The molecule has 146 valence electrons. The third-order valence-corrected chi connectivity index (χ3v) is 5.73. The summed E-state index contributed by atoms with van der Waals surface area (Å²) in [5.74, 6) is 0.331. The molecule has 7 nitrogen and oxygen atoms in total. The zero-order chi connectivity index (χ0) is 19.7. The van der Waals surface area contributed by atoms with Crippen LogP contribution in [0.4, 0.5) is 11.6 Å². The Morgan fingerprint density at radius 2 is 1.71 bits per heavy atom. The first-order valence-corrected chi connectivity index (χ1v) is 9.72. The average Bonchev–Trinajstić information content (AvgIpc) is 3.53. The van der Waals surface area contributed by atoms with E-state index in [1.807, 2.05) is 36.9 Å². The van der Waals surface area contributed by atoms with Crippen LogP contribution in [0.5, 0.6) is 0 Å². The summed E-state index contributed by atoms with van der Waals surface area (Å²) in [5.41, 5.74) is 3.04. The molecule has 1 aromatic carbocycles. The second-order valence-electron chi connectivity index (χ2n) is 7.55. The molecule has 1 saturated carbocycles. The first-order valence-electron chi connectivity index (χ1n) is 9.72. The number of hydrogen-bond donors (Lipinski definition) is 1. The van der Waals surface area contributed by atoms with Crippen molar-refractivity contribution in [1.82, 2.24) is 14.9 Å². The highest BCUT2D eigenvalue weighted by Crippen LogP contribution is 2.41. The third kappa shape index (κ3) is 3.69. The van der Waals surface area contributed by atoms with Crippen molar-refractivity contribution in [3.05, 3.63) is 47.8 Å². The Morgan fingerprint density at radius 1 is 1.00 bits per heavy atom. The van der Waals surface area contributed by atoms with Gasteiger partial charge >= 0.3 is 0 Å². The molecule has 0 spiro atoms. The quantitative estimate of drug-likeness (QED) is 0.879. The number of nitrogens with one attached hydrogen (secondary N) is 1. The van der Waals surface area contributed by atoms with E-state index in [4.69, 9.17) is 0 Å². The number of amides is 2. The molecule has 28 heavy (non-hydrogen) atoms. The molecular formula is C21H25N5O2. The molecule has 1 aliphatic heterocycles. The summed E-state index contributed by atoms with van der Waals surface area (Å²) >= 11 is 0. The standard InChI is InChI=1S/C21H25N5O2/c1-14-5-3-6-18(15(14)2)24-19(27)16-13-17(16)20(28)25-9-11-26(12-10-25)21-22-7-4-8-23-21/h3-8,16-17H,9-13H2,1-2H3,(H,24,27). The highest BCUT2D eigenvalue weighted by Gasteiger charge is 2.49. The normalized spacial score (nSPS) is 21.4. The maximum Gasteiger partial charge on any atom is 0.228 e. The molecule has 1 saturated heterocycles. The maximum absolute atomic E-state index is 12.8. The third-order valence-electron chi connectivity index (χ3n) is 5.73. The summed E-state index contributed by atoms with van der Waals surface area (Å²) < 4.78 is 0. The van der Waals surface area contributed by atoms with E-state index in [1.54, 1.807) is 18.5 Å². The lowest BCUT2D eigenvalue weighted by Crippen LogP contribution is -2.50. The molecule has 2 atom stereocenters. The van der Waals surface area contributed by atoms with Crippen LogP contribution in [0.2, 0.25) is 0 Å². The van der Waals surface area contributed by atoms with Crippen LogP contribution in [0.1, 0.15) is 17.5 Å². The highest BCUT2D eigenvalue weighted by atomic mass is 16.2. The Hall–Kier alpha value is -2.96. The number of aryl methyl sites for hydroxylation is 1. The second kappa shape index (κ2) is 7.58. The first-order chi connectivity index (χ1) is 13.5. The fraction of sp³-hybridized carbons (Fsp3) is 0.429. The van der Waals surface area contributed by atoms with E-state index in [9.17, 15) is 9.59 Å². The van der Waals surface area contributed by atoms with E-state index in [0.717, 1.165) is 16.8 Å². The van der Waals surface area contributed by atoms with Crippen LogP contribution in [0.3, 0.4) is 0 Å². The topological polar surface area (TPSA) is 78.4 Å². The van der Waals surface area contributed by atoms with Gasteiger partial charge in [0.1, 0.15) is 0 Å². The largest absolute Gasteiger partial charge is 0.339 e. The lowest BCUT2D eigenvalue weighted by molar-refractivity contribution is -0.134. The molecule has 2 heterocycles. The van der Waals surface area contributed by atoms with Gasteiger partial charge in [-0.1, -0.05) is 12.1 Å². The van der Waals surface area contributed by atoms with Crippen LogP contribution in [0.15, 0.2) is 36.7 Å². The molecule has 1 aromatic heterocycles. The van der Waals surface area contributed by atoms with Gasteiger partial charge in [-0.15, -0.1) is 0 Å². The molecule has 2 unspecified atom stereocenters. The van der Waals surface area contributed by atoms with Crippen LogP contribution in [-0.2, 0) is 9.59 Å². The number of hydrogen-bond acceptors (Lipinski definition) is 5. The zero-order valence-electron chi connectivity index (χ0n) is 16.3. The lowest BCUT2D eigenvalue weighted by atomic mass is 10.1. The fourth-order valence-electron chi connectivity index (χ4n) is 3.69. The molecule has 4 rings (SSSR count). The van der Waals surface area contributed by atoms with Crippen molar-refractivity contribution < 1.29 is 9.59 Å². The Balaban J connectivity index is 1.30. The van der Waals surface area contributed by atoms with Gasteiger partial charge in [-0.3, -0.25) is 9.59 Å². The number of carbonyl (C=O) groups is 2. The van der Waals surface area contributed by atoms with Gasteiger partial charge < -0.3 is 15.1 Å². The van der Waals surface area contributed by atoms with Crippen molar-refractivity contribution in [2.45, 2.75) is 20.3 Å². The van der Waals surface area contributed by atoms with Crippen LogP contribution < -0.4 is 10.2 Å². The van der Waals surface area contributed by atoms with Gasteiger partial charge in [0.25, 0.3) is 0 Å². The zero-order valence-corrected chi connectivity index (χ0v) is 16.3. The van der Waals surface area contributed by atoms with Crippen LogP contribution in [-0.4, -0.2) is 52.9 Å². The van der Waals surface area contributed by atoms with E-state index in [-0.39, 0.29) is 23.7 Å². The summed E-state index contributed by atoms with van der Waals surface area (Å²) in [4.78, 5) is 37.8. The van der Waals surface area contributed by atoms with E-state index in [2.05, 4.69) is 20.2 Å². The number of benzene rings is 1. The molecule has 1 N–H and O–H groups in total. The Kier molecular flexibility index (Phi) is 4.98. The van der Waals surface area contributed by atoms with Gasteiger partial charge in [-0.25, -0.2) is 9.97 Å². The van der Waals surface area contributed by atoms with Crippen molar-refractivity contribution in [1.29, 1.82) is 0 Å². The monoisotopic (exact) mass is 379 g/mol. The molecule has 2 amide bonds. The Morgan fingerprint density at radius 3 is 2.43 bits per heavy atom. The molecule has 7 heteroatoms. The minimum absolute atomic E-state index is 0.0524. The van der Waals surface area contributed by atoms with Gasteiger partial charge in [-0.2, -0.15) is 0 Å². The van der Waals surface area contributed by atoms with Crippen molar-refractivity contribution in [3.8, 4) is 0 Å². The van der Waals surface area contributed by atoms with Crippen molar-refractivity contribution in [2.24, 2.45) is 11.8 Å². The van der Waals surface area contributed by atoms with Crippen molar-refractivity contribution in [3.63, 3.8) is 0 Å². The molecule has 2 aliphatic rings. The molecule has 2 fully saturated rings. The predicted molar refractivity (Wildman–Crippen MR) is 107 cm³/mol. The minimum atomic E-state index is -0.220. The number of carbonyl (C=O) groups excluding carboxylic acids is 2. The smallest absolute Gasteiger partial charge is 0.228 e. The summed E-state index contributed by atoms with van der Waals surface area (Å²) in [6.07, 6.45) is 4.09. The number of anilines is 2. The van der Waals surface area contributed by atoms with Crippen molar-refractivity contribution in [2.75, 3.05) is 36.4 Å². The predicted octanol–water partition coefficient (Wildman–Crippen LogP) is 2.02. The number of rotatable bonds is 4. The molecule has 1 aliphatic carbocycles. The van der Waals surface area contributed by atoms with Gasteiger partial charge in [0, 0.05) is 44.3 Å². The second-order valence-corrected chi connectivity index (χ2v) is 7.55. The SMILES string of the molecule is Cc1cccc(NC(=O)C2CC2C(=O)N2CCN(c3ncccn3)CC2)c1C. The van der Waals surface area contributed by atoms with E-state index in [1.165, 1.54) is 0 Å². The van der Waals surface area contributed by atoms with Gasteiger partial charge in [0.2, 0.25) is 17.8 Å². The van der Waals surface area contributed by atoms with Crippen LogP contribution in [0, 0.1) is 25.7 Å². The van der Waals surface area contributed by atoms with Crippen LogP contribution >= 0.6 is 0 Å². The summed E-state index contributed by atoms with van der Waals surface area (Å²) in [5, 5.41) is 2.99. The van der Waals surface area contributed by atoms with Gasteiger partial charge in [0.15, 0.2) is 0 Å². The van der Waals surface area contributed by atoms with Gasteiger partial charge in [0.05, 0.1) is 11.8 Å². The minimum Gasteiger partial charge on any atom is -0.339 e. The highest BCUT2D eigenvalue weighted by molar-refractivity contribution is 6.00. The summed E-state index contributed by atoms with van der Waals surface area (Å²) in [7, 11) is 0. The van der Waals surface area contributed by atoms with Crippen molar-refractivity contribution >= 4 is 23.5 Å². The Labute approximate surface area is 164 Å². The number of piperazine rings is 1. The average molecular weight is 379 g/mol. The molecule has 2 aromatic rings. The van der Waals surface area contributed by atoms with E-state index in [0.29, 0.717) is 38.5 Å². The molecule has 0 bridgehead atoms. The Bertz CT molecular complexity index is 878. The van der Waals surface area contributed by atoms with Crippen LogP contribution in [0.25, 0.3) is 0 Å². The number of aromatic nitrogens is 2. The molecular weight excluding hydrogens is 354 g/mol. The number of nitrogens with zero attached hydrogens (tertiary/aromatic N) is 4. The fourth-order valence-corrected chi connectivity index (χ4v) is 3.69. The van der Waals surface area contributed by atoms with E-state index >= 15 is 0 Å². The maximum atomic E-state index is 12.8. The summed E-state index contributed by atoms with van der Waals surface area (Å²) in [6.45, 7) is 6.71. The summed E-state index contributed by atoms with van der Waals surface area (Å²) in [6, 6.07) is 7.65. The first kappa shape index (κ1) is 18.4.